The number of thiophene rings is 1. The molecule has 0 aliphatic carbocycles. The fraction of sp³-hybridized carbons (Fsp3) is 0.737. The van der Waals surface area contributed by atoms with Crippen LogP contribution >= 0.6 is 11.3 Å². The van der Waals surface area contributed by atoms with Gasteiger partial charge in [-0.2, -0.15) is 11.3 Å². The minimum Gasteiger partial charge on any atom is -0.339 e. The zero-order valence-electron chi connectivity index (χ0n) is 15.1. The first-order valence-corrected chi connectivity index (χ1v) is 10.3. The summed E-state index contributed by atoms with van der Waals surface area (Å²) >= 11 is 1.78. The number of carbonyl (C=O) groups is 1. The van der Waals surface area contributed by atoms with Gasteiger partial charge in [-0.25, -0.2) is 0 Å². The molecule has 0 radical (unpaired) electrons. The lowest BCUT2D eigenvalue weighted by Crippen LogP contribution is -2.53. The van der Waals surface area contributed by atoms with Crippen molar-refractivity contribution in [2.24, 2.45) is 0 Å². The Bertz CT molecular complexity index is 511. The van der Waals surface area contributed by atoms with Gasteiger partial charge in [0.25, 0.3) is 0 Å². The highest BCUT2D eigenvalue weighted by Gasteiger charge is 2.27. The van der Waals surface area contributed by atoms with Gasteiger partial charge < -0.3 is 4.90 Å². The van der Waals surface area contributed by atoms with E-state index < -0.39 is 0 Å². The highest BCUT2D eigenvalue weighted by molar-refractivity contribution is 7.07. The second kappa shape index (κ2) is 8.45. The summed E-state index contributed by atoms with van der Waals surface area (Å²) in [5, 5.41) is 4.42. The molecule has 2 aliphatic heterocycles. The van der Waals surface area contributed by atoms with E-state index in [4.69, 9.17) is 0 Å². The number of hydrogen-bond acceptors (Lipinski definition) is 4. The van der Waals surface area contributed by atoms with Crippen molar-refractivity contribution in [3.63, 3.8) is 0 Å². The zero-order valence-corrected chi connectivity index (χ0v) is 15.9. The lowest BCUT2D eigenvalue weighted by Gasteiger charge is -2.39. The van der Waals surface area contributed by atoms with Gasteiger partial charge in [0.1, 0.15) is 0 Å². The summed E-state index contributed by atoms with van der Waals surface area (Å²) in [4.78, 5) is 19.6. The van der Waals surface area contributed by atoms with E-state index in [1.807, 2.05) is 0 Å². The average molecular weight is 350 g/mol. The summed E-state index contributed by atoms with van der Waals surface area (Å²) < 4.78 is 0. The number of carbonyl (C=O) groups excluding carboxylic acids is 1. The van der Waals surface area contributed by atoms with Gasteiger partial charge in [0.15, 0.2) is 0 Å². The molecule has 4 nitrogen and oxygen atoms in total. The van der Waals surface area contributed by atoms with Crippen LogP contribution in [0, 0.1) is 0 Å². The second-order valence-corrected chi connectivity index (χ2v) is 8.21. The summed E-state index contributed by atoms with van der Waals surface area (Å²) in [5.74, 6) is 0.335. The van der Waals surface area contributed by atoms with E-state index in [9.17, 15) is 4.79 Å². The van der Waals surface area contributed by atoms with Gasteiger partial charge >= 0.3 is 0 Å². The molecular weight excluding hydrogens is 318 g/mol. The number of piperazine rings is 1. The lowest BCUT2D eigenvalue weighted by molar-refractivity contribution is -0.136. The summed E-state index contributed by atoms with van der Waals surface area (Å²) in [6.45, 7) is 10.3. The SMILES string of the molecule is C[C@@H]1CCCCN1C(=O)CN1CCN([C@@H](C)Cc2ccsc2)CC1. The number of piperidine rings is 1. The fourth-order valence-electron chi connectivity index (χ4n) is 3.99. The monoisotopic (exact) mass is 349 g/mol. The van der Waals surface area contributed by atoms with Gasteiger partial charge in [-0.15, -0.1) is 0 Å². The molecule has 24 heavy (non-hydrogen) atoms. The summed E-state index contributed by atoms with van der Waals surface area (Å²) in [6, 6.07) is 3.24. The third kappa shape index (κ3) is 4.58. The minimum absolute atomic E-state index is 0.335. The van der Waals surface area contributed by atoms with Crippen molar-refractivity contribution >= 4 is 17.2 Å². The molecule has 0 spiro atoms. The Morgan fingerprint density at radius 1 is 1.25 bits per heavy atom. The van der Waals surface area contributed by atoms with Gasteiger partial charge in [0.05, 0.1) is 6.54 Å². The van der Waals surface area contributed by atoms with Gasteiger partial charge in [-0.05, 0) is 61.9 Å². The van der Waals surface area contributed by atoms with Crippen molar-refractivity contribution in [1.82, 2.24) is 14.7 Å². The smallest absolute Gasteiger partial charge is 0.236 e. The van der Waals surface area contributed by atoms with Crippen LogP contribution in [0.2, 0.25) is 0 Å². The van der Waals surface area contributed by atoms with Crippen LogP contribution in [-0.4, -0.2) is 72.0 Å². The third-order valence-electron chi connectivity index (χ3n) is 5.62. The van der Waals surface area contributed by atoms with E-state index in [1.165, 1.54) is 24.8 Å². The van der Waals surface area contributed by atoms with Crippen LogP contribution in [0.25, 0.3) is 0 Å². The lowest BCUT2D eigenvalue weighted by atomic mass is 10.0. The second-order valence-electron chi connectivity index (χ2n) is 7.43. The van der Waals surface area contributed by atoms with Crippen LogP contribution in [-0.2, 0) is 11.2 Å². The molecule has 2 saturated heterocycles. The maximum absolute atomic E-state index is 12.6. The van der Waals surface area contributed by atoms with Crippen LogP contribution < -0.4 is 0 Å². The van der Waals surface area contributed by atoms with E-state index in [-0.39, 0.29) is 0 Å². The van der Waals surface area contributed by atoms with Crippen LogP contribution in [0.5, 0.6) is 0 Å². The van der Waals surface area contributed by atoms with Crippen molar-refractivity contribution < 1.29 is 4.79 Å². The Kier molecular flexibility index (Phi) is 6.31. The molecule has 1 amide bonds. The van der Waals surface area contributed by atoms with Gasteiger partial charge in [0, 0.05) is 44.8 Å². The summed E-state index contributed by atoms with van der Waals surface area (Å²) in [6.07, 6.45) is 4.74. The zero-order chi connectivity index (χ0) is 16.9. The maximum Gasteiger partial charge on any atom is 0.236 e. The van der Waals surface area contributed by atoms with Crippen LogP contribution in [0.3, 0.4) is 0 Å². The molecule has 3 heterocycles. The number of hydrogen-bond donors (Lipinski definition) is 0. The molecule has 2 atom stereocenters. The van der Waals surface area contributed by atoms with Crippen molar-refractivity contribution in [1.29, 1.82) is 0 Å². The Labute approximate surface area is 150 Å². The van der Waals surface area contributed by atoms with E-state index in [0.29, 0.717) is 24.5 Å². The summed E-state index contributed by atoms with van der Waals surface area (Å²) in [7, 11) is 0. The summed E-state index contributed by atoms with van der Waals surface area (Å²) in [5.41, 5.74) is 1.45. The Hall–Kier alpha value is -0.910. The number of likely N-dealkylation sites (tertiary alicyclic amines) is 1. The van der Waals surface area contributed by atoms with Crippen LogP contribution in [0.15, 0.2) is 16.8 Å². The highest BCUT2D eigenvalue weighted by atomic mass is 32.1. The molecule has 3 rings (SSSR count). The van der Waals surface area contributed by atoms with Crippen molar-refractivity contribution in [2.45, 2.75) is 51.6 Å². The van der Waals surface area contributed by atoms with Crippen molar-refractivity contribution in [3.8, 4) is 0 Å². The highest BCUT2D eigenvalue weighted by Crippen LogP contribution is 2.18. The van der Waals surface area contributed by atoms with Gasteiger partial charge in [-0.3, -0.25) is 14.6 Å². The first-order valence-electron chi connectivity index (χ1n) is 9.40. The van der Waals surface area contributed by atoms with Crippen molar-refractivity contribution in [2.75, 3.05) is 39.3 Å². The van der Waals surface area contributed by atoms with E-state index in [0.717, 1.165) is 39.1 Å². The Morgan fingerprint density at radius 2 is 2.04 bits per heavy atom. The van der Waals surface area contributed by atoms with Crippen molar-refractivity contribution in [3.05, 3.63) is 22.4 Å². The van der Waals surface area contributed by atoms with E-state index in [2.05, 4.69) is 45.4 Å². The molecule has 0 N–H and O–H groups in total. The molecule has 0 aromatic carbocycles. The quantitative estimate of drug-likeness (QED) is 0.818. The van der Waals surface area contributed by atoms with Crippen LogP contribution in [0.1, 0.15) is 38.7 Å². The number of amides is 1. The molecule has 1 aromatic heterocycles. The van der Waals surface area contributed by atoms with Gasteiger partial charge in [0.2, 0.25) is 5.91 Å². The first kappa shape index (κ1) is 17.9. The molecule has 0 bridgehead atoms. The minimum atomic E-state index is 0.335. The molecule has 1 aromatic rings. The maximum atomic E-state index is 12.6. The van der Waals surface area contributed by atoms with Crippen LogP contribution in [0.4, 0.5) is 0 Å². The third-order valence-corrected chi connectivity index (χ3v) is 6.36. The Balaban J connectivity index is 1.42. The molecule has 2 fully saturated rings. The first-order chi connectivity index (χ1) is 11.6. The fourth-order valence-corrected chi connectivity index (χ4v) is 4.67. The van der Waals surface area contributed by atoms with E-state index >= 15 is 0 Å². The molecular formula is C19H31N3OS. The molecule has 5 heteroatoms. The largest absolute Gasteiger partial charge is 0.339 e. The topological polar surface area (TPSA) is 26.8 Å². The number of nitrogens with zero attached hydrogens (tertiary/aromatic N) is 3. The molecule has 0 saturated carbocycles. The molecule has 134 valence electrons. The number of rotatable bonds is 5. The normalized spacial score (nSPS) is 24.9. The Morgan fingerprint density at radius 3 is 2.71 bits per heavy atom. The van der Waals surface area contributed by atoms with E-state index in [1.54, 1.807) is 11.3 Å². The van der Waals surface area contributed by atoms with Gasteiger partial charge in [-0.1, -0.05) is 0 Å². The standard InChI is InChI=1S/C19H31N3OS/c1-16-5-3-4-7-22(16)19(23)14-20-8-10-21(11-9-20)17(2)13-18-6-12-24-15-18/h6,12,15-17H,3-5,7-11,13-14H2,1-2H3/t16-,17+/m1/s1. The molecule has 2 aliphatic rings. The predicted octanol–water partition coefficient (Wildman–Crippen LogP) is 2.70. The molecule has 0 unspecified atom stereocenters. The average Bonchev–Trinajstić information content (AvgIpc) is 3.08. The predicted molar refractivity (Wildman–Crippen MR) is 101 cm³/mol.